The second-order valence-corrected chi connectivity index (χ2v) is 5.87. The normalized spacial score (nSPS) is 12.2. The summed E-state index contributed by atoms with van der Waals surface area (Å²) in [6.45, 7) is 3.61. The molecule has 0 fully saturated rings. The minimum absolute atomic E-state index is 0.156. The summed E-state index contributed by atoms with van der Waals surface area (Å²) in [4.78, 5) is 13.6. The molecule has 0 saturated carbocycles. The van der Waals surface area contributed by atoms with E-state index in [0.29, 0.717) is 22.9 Å². The highest BCUT2D eigenvalue weighted by Gasteiger charge is 2.44. The van der Waals surface area contributed by atoms with Gasteiger partial charge in [0, 0.05) is 16.5 Å². The van der Waals surface area contributed by atoms with Gasteiger partial charge in [-0.25, -0.2) is 0 Å². The summed E-state index contributed by atoms with van der Waals surface area (Å²) >= 11 is 0. The molecular formula is C14H16F2NO3P. The van der Waals surface area contributed by atoms with Crippen molar-refractivity contribution in [3.8, 4) is 0 Å². The first-order valence-electron chi connectivity index (χ1n) is 6.55. The average molecular weight is 315 g/mol. The molecule has 0 aliphatic carbocycles. The van der Waals surface area contributed by atoms with Crippen molar-refractivity contribution < 1.29 is 22.6 Å². The quantitative estimate of drug-likeness (QED) is 0.608. The van der Waals surface area contributed by atoms with Crippen molar-refractivity contribution in [2.75, 3.05) is 13.2 Å². The molecule has 2 aromatic rings. The molecule has 21 heavy (non-hydrogen) atoms. The van der Waals surface area contributed by atoms with Crippen molar-refractivity contribution in [2.45, 2.75) is 19.5 Å². The molecule has 0 saturated heterocycles. The van der Waals surface area contributed by atoms with Gasteiger partial charge in [-0.2, -0.15) is 8.78 Å². The predicted octanol–water partition coefficient (Wildman–Crippen LogP) is 4.41. The summed E-state index contributed by atoms with van der Waals surface area (Å²) < 4.78 is 39.2. The highest BCUT2D eigenvalue weighted by molar-refractivity contribution is 7.48. The maximum absolute atomic E-state index is 14.5. The van der Waals surface area contributed by atoms with E-state index >= 15 is 0 Å². The molecule has 0 radical (unpaired) electrons. The van der Waals surface area contributed by atoms with Crippen molar-refractivity contribution in [2.24, 2.45) is 0 Å². The fraction of sp³-hybridized carbons (Fsp3) is 0.357. The number of aromatic amines is 1. The van der Waals surface area contributed by atoms with Gasteiger partial charge in [0.05, 0.1) is 18.9 Å². The van der Waals surface area contributed by atoms with Gasteiger partial charge < -0.3 is 14.0 Å². The van der Waals surface area contributed by atoms with Crippen LogP contribution in [0.5, 0.6) is 0 Å². The Morgan fingerprint density at radius 2 is 1.90 bits per heavy atom. The highest BCUT2D eigenvalue weighted by atomic mass is 31.2. The summed E-state index contributed by atoms with van der Waals surface area (Å²) in [6.07, 6.45) is 0.644. The van der Waals surface area contributed by atoms with Gasteiger partial charge in [-0.3, -0.25) is 4.79 Å². The fourth-order valence-electron chi connectivity index (χ4n) is 1.95. The molecule has 0 amide bonds. The lowest BCUT2D eigenvalue weighted by Crippen LogP contribution is -2.14. The molecule has 4 nitrogen and oxygen atoms in total. The topological polar surface area (TPSA) is 51.3 Å². The minimum Gasteiger partial charge on any atom is -0.352 e. The highest BCUT2D eigenvalue weighted by Crippen LogP contribution is 2.60. The van der Waals surface area contributed by atoms with Crippen molar-refractivity contribution in [3.05, 3.63) is 35.5 Å². The van der Waals surface area contributed by atoms with Crippen LogP contribution in [0.2, 0.25) is 0 Å². The Kier molecular flexibility index (Phi) is 5.04. The first-order chi connectivity index (χ1) is 10.0. The second kappa shape index (κ2) is 6.60. The molecular weight excluding hydrogens is 299 g/mol. The monoisotopic (exact) mass is 315 g/mol. The van der Waals surface area contributed by atoms with Crippen LogP contribution < -0.4 is 0 Å². The van der Waals surface area contributed by atoms with Gasteiger partial charge in [-0.15, -0.1) is 0 Å². The lowest BCUT2D eigenvalue weighted by molar-refractivity contribution is 0.0571. The van der Waals surface area contributed by atoms with Crippen molar-refractivity contribution in [1.29, 1.82) is 0 Å². The van der Waals surface area contributed by atoms with E-state index in [1.54, 1.807) is 13.8 Å². The molecule has 1 N–H and O–H groups in total. The Balaban J connectivity index is 2.39. The van der Waals surface area contributed by atoms with Crippen LogP contribution in [0.25, 0.3) is 10.9 Å². The van der Waals surface area contributed by atoms with E-state index < -0.39 is 14.0 Å². The summed E-state index contributed by atoms with van der Waals surface area (Å²) in [7, 11) is -2.35. The van der Waals surface area contributed by atoms with Gasteiger partial charge in [-0.1, -0.05) is 6.07 Å². The van der Waals surface area contributed by atoms with Crippen LogP contribution in [0, 0.1) is 0 Å². The van der Waals surface area contributed by atoms with E-state index in [1.165, 1.54) is 24.3 Å². The van der Waals surface area contributed by atoms with Crippen molar-refractivity contribution in [3.63, 3.8) is 0 Å². The lowest BCUT2D eigenvalue weighted by atomic mass is 10.1. The molecule has 0 atom stereocenters. The summed E-state index contributed by atoms with van der Waals surface area (Å²) in [6, 6.07) is 5.73. The van der Waals surface area contributed by atoms with E-state index in [0.717, 1.165) is 0 Å². The summed E-state index contributed by atoms with van der Waals surface area (Å²) in [5.41, 5.74) is -2.41. The third-order valence-electron chi connectivity index (χ3n) is 2.84. The number of rotatable bonds is 7. The number of hydrogen-bond acceptors (Lipinski definition) is 3. The second-order valence-electron chi connectivity index (χ2n) is 4.28. The molecule has 2 rings (SSSR count). The SMILES string of the molecule is CCOP(OCC)C(F)(F)c1ccc2[nH]c(C=O)cc2c1. The maximum atomic E-state index is 14.5. The number of halogens is 2. The number of carbonyl (C=O) groups excluding carboxylic acids is 1. The average Bonchev–Trinajstić information content (AvgIpc) is 2.89. The summed E-state index contributed by atoms with van der Waals surface area (Å²) in [5, 5.41) is 0.553. The van der Waals surface area contributed by atoms with Crippen molar-refractivity contribution in [1.82, 2.24) is 4.98 Å². The Labute approximate surface area is 122 Å². The third kappa shape index (κ3) is 3.28. The standard InChI is InChI=1S/C14H16F2NO3P/c1-3-19-21(20-4-2)14(15,16)11-5-6-13-10(7-11)8-12(9-18)17-13/h5-9,17H,3-4H2,1-2H3. The zero-order valence-electron chi connectivity index (χ0n) is 11.7. The molecule has 1 aromatic carbocycles. The Hall–Kier alpha value is -1.36. The van der Waals surface area contributed by atoms with Crippen LogP contribution in [-0.2, 0) is 14.7 Å². The Bertz CT molecular complexity index is 624. The molecule has 7 heteroatoms. The van der Waals surface area contributed by atoms with E-state index in [2.05, 4.69) is 4.98 Å². The molecule has 0 aliphatic heterocycles. The smallest absolute Gasteiger partial charge is 0.339 e. The molecule has 0 spiro atoms. The van der Waals surface area contributed by atoms with Crippen LogP contribution in [0.4, 0.5) is 8.78 Å². The van der Waals surface area contributed by atoms with Crippen LogP contribution in [0.1, 0.15) is 29.9 Å². The molecule has 0 aliphatic rings. The van der Waals surface area contributed by atoms with Crippen LogP contribution >= 0.6 is 8.38 Å². The minimum atomic E-state index is -3.21. The molecule has 1 aromatic heterocycles. The van der Waals surface area contributed by atoms with Gasteiger partial charge >= 0.3 is 5.66 Å². The number of H-pyrrole nitrogens is 1. The number of aromatic nitrogens is 1. The number of aldehydes is 1. The third-order valence-corrected chi connectivity index (χ3v) is 4.54. The first kappa shape index (κ1) is 16.0. The van der Waals surface area contributed by atoms with E-state index in [-0.39, 0.29) is 18.8 Å². The fourth-order valence-corrected chi connectivity index (χ4v) is 3.16. The molecule has 0 unspecified atom stereocenters. The van der Waals surface area contributed by atoms with Gasteiger partial charge in [0.15, 0.2) is 6.29 Å². The maximum Gasteiger partial charge on any atom is 0.339 e. The van der Waals surface area contributed by atoms with E-state index in [9.17, 15) is 13.6 Å². The van der Waals surface area contributed by atoms with Crippen molar-refractivity contribution >= 4 is 25.6 Å². The largest absolute Gasteiger partial charge is 0.352 e. The van der Waals surface area contributed by atoms with E-state index in [4.69, 9.17) is 9.05 Å². The van der Waals surface area contributed by atoms with Crippen LogP contribution in [-0.4, -0.2) is 24.5 Å². The number of alkyl halides is 2. The Morgan fingerprint density at radius 3 is 2.48 bits per heavy atom. The summed E-state index contributed by atoms with van der Waals surface area (Å²) in [5.74, 6) is 0. The van der Waals surface area contributed by atoms with Gasteiger partial charge in [0.25, 0.3) is 8.38 Å². The Morgan fingerprint density at radius 1 is 1.24 bits per heavy atom. The van der Waals surface area contributed by atoms with Gasteiger partial charge in [0.1, 0.15) is 0 Å². The number of carbonyl (C=O) groups is 1. The van der Waals surface area contributed by atoms with Gasteiger partial charge in [0.2, 0.25) is 0 Å². The van der Waals surface area contributed by atoms with Crippen LogP contribution in [0.3, 0.4) is 0 Å². The van der Waals surface area contributed by atoms with E-state index in [1.807, 2.05) is 0 Å². The molecule has 1 heterocycles. The molecule has 0 bridgehead atoms. The number of benzene rings is 1. The van der Waals surface area contributed by atoms with Gasteiger partial charge in [-0.05, 0) is 32.0 Å². The zero-order valence-corrected chi connectivity index (χ0v) is 12.6. The zero-order chi connectivity index (χ0) is 15.5. The molecule has 114 valence electrons. The van der Waals surface area contributed by atoms with Crippen LogP contribution in [0.15, 0.2) is 24.3 Å². The lowest BCUT2D eigenvalue weighted by Gasteiger charge is -2.25. The first-order valence-corrected chi connectivity index (χ1v) is 7.73. The number of fused-ring (bicyclic) bond motifs is 1. The number of nitrogens with one attached hydrogen (secondary N) is 1. The number of hydrogen-bond donors (Lipinski definition) is 1. The predicted molar refractivity (Wildman–Crippen MR) is 77.8 cm³/mol.